The van der Waals surface area contributed by atoms with Crippen LogP contribution < -0.4 is 5.32 Å². The minimum Gasteiger partial charge on any atom is -0.454 e. The third-order valence-corrected chi connectivity index (χ3v) is 7.97. The molecular formula is C23H36N2O4. The summed E-state index contributed by atoms with van der Waals surface area (Å²) in [6.07, 6.45) is 11.2. The molecule has 4 saturated carbocycles. The predicted octanol–water partition coefficient (Wildman–Crippen LogP) is 3.04. The van der Waals surface area contributed by atoms with Gasteiger partial charge in [-0.25, -0.2) is 0 Å². The first-order valence-corrected chi connectivity index (χ1v) is 11.6. The van der Waals surface area contributed by atoms with E-state index in [0.717, 1.165) is 37.0 Å². The van der Waals surface area contributed by atoms with Crippen LogP contribution in [0.15, 0.2) is 0 Å². The maximum Gasteiger partial charge on any atom is 0.325 e. The van der Waals surface area contributed by atoms with E-state index in [1.807, 2.05) is 18.7 Å². The highest BCUT2D eigenvalue weighted by atomic mass is 16.5. The van der Waals surface area contributed by atoms with Crippen LogP contribution in [0, 0.1) is 23.2 Å². The van der Waals surface area contributed by atoms with E-state index in [-0.39, 0.29) is 42.5 Å². The topological polar surface area (TPSA) is 75.7 Å². The van der Waals surface area contributed by atoms with E-state index in [0.29, 0.717) is 6.42 Å². The number of nitrogens with zero attached hydrogens (tertiary/aromatic N) is 1. The summed E-state index contributed by atoms with van der Waals surface area (Å²) in [4.78, 5) is 38.8. The molecule has 4 aliphatic carbocycles. The summed E-state index contributed by atoms with van der Waals surface area (Å²) in [5, 5.41) is 2.74. The fraction of sp³-hybridized carbons (Fsp3) is 0.870. The smallest absolute Gasteiger partial charge is 0.325 e. The number of carbonyl (C=O) groups excluding carboxylic acids is 3. The standard InChI is InChI=1S/C23H36N2O4/c1-15-4-3-5-16(2)25(15)21(27)14-29-22(28)13-24-20(26)12-23-9-17-6-18(10-23)8-19(7-17)11-23/h15-19H,3-14H2,1-2H3,(H,24,26)/t15-,16+,17?,18?,19?,23?. The summed E-state index contributed by atoms with van der Waals surface area (Å²) in [6, 6.07) is 0.370. The highest BCUT2D eigenvalue weighted by Gasteiger charge is 2.51. The average Bonchev–Trinajstić information content (AvgIpc) is 2.63. The number of nitrogens with one attached hydrogen (secondary N) is 1. The van der Waals surface area contributed by atoms with Crippen LogP contribution in [-0.4, -0.2) is 47.9 Å². The lowest BCUT2D eigenvalue weighted by Gasteiger charge is -2.56. The van der Waals surface area contributed by atoms with Crippen molar-refractivity contribution in [3.63, 3.8) is 0 Å². The third-order valence-electron chi connectivity index (χ3n) is 7.97. The van der Waals surface area contributed by atoms with Crippen LogP contribution in [0.3, 0.4) is 0 Å². The first-order valence-electron chi connectivity index (χ1n) is 11.6. The molecule has 0 aromatic heterocycles. The second kappa shape index (κ2) is 8.27. The van der Waals surface area contributed by atoms with E-state index in [4.69, 9.17) is 4.74 Å². The van der Waals surface area contributed by atoms with Gasteiger partial charge in [0.1, 0.15) is 6.54 Å². The molecule has 2 atom stereocenters. The number of hydrogen-bond donors (Lipinski definition) is 1. The molecule has 1 heterocycles. The highest BCUT2D eigenvalue weighted by Crippen LogP contribution is 2.61. The summed E-state index contributed by atoms with van der Waals surface area (Å²) in [5.74, 6) is 1.71. The summed E-state index contributed by atoms with van der Waals surface area (Å²) in [7, 11) is 0. The maximum absolute atomic E-state index is 12.5. The Hall–Kier alpha value is -1.59. The number of likely N-dealkylation sites (tertiary alicyclic amines) is 1. The van der Waals surface area contributed by atoms with Gasteiger partial charge < -0.3 is 15.0 Å². The molecule has 6 nitrogen and oxygen atoms in total. The van der Waals surface area contributed by atoms with Crippen LogP contribution in [0.2, 0.25) is 0 Å². The number of amides is 2. The fourth-order valence-electron chi connectivity index (χ4n) is 7.26. The van der Waals surface area contributed by atoms with Crippen LogP contribution in [0.5, 0.6) is 0 Å². The van der Waals surface area contributed by atoms with Crippen molar-refractivity contribution in [2.24, 2.45) is 23.2 Å². The number of hydrogen-bond acceptors (Lipinski definition) is 4. The van der Waals surface area contributed by atoms with Gasteiger partial charge in [-0.2, -0.15) is 0 Å². The second-order valence-electron chi connectivity index (χ2n) is 10.5. The van der Waals surface area contributed by atoms with Crippen molar-refractivity contribution in [2.75, 3.05) is 13.2 Å². The number of carbonyl (C=O) groups is 3. The van der Waals surface area contributed by atoms with Crippen molar-refractivity contribution in [3.8, 4) is 0 Å². The van der Waals surface area contributed by atoms with E-state index < -0.39 is 5.97 Å². The minimum atomic E-state index is -0.533. The molecule has 5 fully saturated rings. The van der Waals surface area contributed by atoms with Crippen LogP contribution >= 0.6 is 0 Å². The van der Waals surface area contributed by atoms with Gasteiger partial charge in [0, 0.05) is 18.5 Å². The monoisotopic (exact) mass is 404 g/mol. The largest absolute Gasteiger partial charge is 0.454 e. The number of rotatable bonds is 6. The SMILES string of the molecule is C[C@@H]1CCC[C@H](C)N1C(=O)COC(=O)CNC(=O)CC12CC3CC(CC(C3)C1)C2. The third kappa shape index (κ3) is 4.61. The molecule has 0 spiro atoms. The van der Waals surface area contributed by atoms with E-state index in [9.17, 15) is 14.4 Å². The molecule has 0 aromatic carbocycles. The highest BCUT2D eigenvalue weighted by molar-refractivity contribution is 5.84. The first kappa shape index (κ1) is 20.7. The molecule has 1 saturated heterocycles. The molecular weight excluding hydrogens is 368 g/mol. The predicted molar refractivity (Wildman–Crippen MR) is 109 cm³/mol. The Morgan fingerprint density at radius 3 is 2.07 bits per heavy atom. The van der Waals surface area contributed by atoms with Crippen molar-refractivity contribution in [2.45, 2.75) is 90.1 Å². The van der Waals surface area contributed by atoms with E-state index in [1.54, 1.807) is 0 Å². The molecule has 0 radical (unpaired) electrons. The number of ether oxygens (including phenoxy) is 1. The molecule has 162 valence electrons. The van der Waals surface area contributed by atoms with Crippen LogP contribution in [0.4, 0.5) is 0 Å². The zero-order valence-electron chi connectivity index (χ0n) is 18.0. The van der Waals surface area contributed by atoms with Gasteiger partial charge in [0.05, 0.1) is 0 Å². The van der Waals surface area contributed by atoms with Gasteiger partial charge in [-0.3, -0.25) is 14.4 Å². The minimum absolute atomic E-state index is 0.0477. The van der Waals surface area contributed by atoms with Gasteiger partial charge in [0.2, 0.25) is 5.91 Å². The summed E-state index contributed by atoms with van der Waals surface area (Å²) < 4.78 is 5.15. The average molecular weight is 405 g/mol. The Morgan fingerprint density at radius 2 is 1.52 bits per heavy atom. The molecule has 0 aromatic rings. The van der Waals surface area contributed by atoms with E-state index in [2.05, 4.69) is 5.32 Å². The van der Waals surface area contributed by atoms with Crippen LogP contribution in [-0.2, 0) is 19.1 Å². The Balaban J connectivity index is 1.19. The van der Waals surface area contributed by atoms with Crippen molar-refractivity contribution >= 4 is 17.8 Å². The molecule has 6 heteroatoms. The van der Waals surface area contributed by atoms with Gasteiger partial charge in [-0.15, -0.1) is 0 Å². The van der Waals surface area contributed by atoms with Crippen LogP contribution in [0.25, 0.3) is 0 Å². The molecule has 5 aliphatic rings. The van der Waals surface area contributed by atoms with Gasteiger partial charge in [-0.1, -0.05) is 0 Å². The van der Waals surface area contributed by atoms with Gasteiger partial charge in [0.15, 0.2) is 6.61 Å². The Bertz CT molecular complexity index is 616. The Morgan fingerprint density at radius 1 is 0.966 bits per heavy atom. The zero-order chi connectivity index (χ0) is 20.6. The molecule has 5 rings (SSSR count). The Labute approximate surface area is 174 Å². The summed E-state index contributed by atoms with van der Waals surface area (Å²) in [5.41, 5.74) is 0.166. The van der Waals surface area contributed by atoms with Gasteiger partial charge in [0.25, 0.3) is 5.91 Å². The van der Waals surface area contributed by atoms with E-state index >= 15 is 0 Å². The van der Waals surface area contributed by atoms with Gasteiger partial charge >= 0.3 is 5.97 Å². The lowest BCUT2D eigenvalue weighted by atomic mass is 9.49. The van der Waals surface area contributed by atoms with Crippen molar-refractivity contribution < 1.29 is 19.1 Å². The first-order chi connectivity index (χ1) is 13.8. The zero-order valence-corrected chi connectivity index (χ0v) is 18.0. The van der Waals surface area contributed by atoms with Gasteiger partial charge in [-0.05, 0) is 94.8 Å². The molecule has 2 amide bonds. The molecule has 29 heavy (non-hydrogen) atoms. The second-order valence-corrected chi connectivity index (χ2v) is 10.5. The lowest BCUT2D eigenvalue weighted by Crippen LogP contribution is -2.49. The van der Waals surface area contributed by atoms with Crippen molar-refractivity contribution in [1.29, 1.82) is 0 Å². The van der Waals surface area contributed by atoms with Crippen molar-refractivity contribution in [3.05, 3.63) is 0 Å². The maximum atomic E-state index is 12.5. The molecule has 1 N–H and O–H groups in total. The van der Waals surface area contributed by atoms with Crippen molar-refractivity contribution in [1.82, 2.24) is 10.2 Å². The molecule has 1 aliphatic heterocycles. The molecule has 4 bridgehead atoms. The Kier molecular flexibility index (Phi) is 5.90. The normalized spacial score (nSPS) is 38.0. The summed E-state index contributed by atoms with van der Waals surface area (Å²) in [6.45, 7) is 3.70. The quantitative estimate of drug-likeness (QED) is 0.691. The number of piperidine rings is 1. The fourth-order valence-corrected chi connectivity index (χ4v) is 7.26. The molecule has 0 unspecified atom stereocenters. The van der Waals surface area contributed by atoms with Crippen LogP contribution in [0.1, 0.15) is 78.1 Å². The lowest BCUT2D eigenvalue weighted by molar-refractivity contribution is -0.154. The number of esters is 1. The summed E-state index contributed by atoms with van der Waals surface area (Å²) >= 11 is 0. The van der Waals surface area contributed by atoms with E-state index in [1.165, 1.54) is 38.5 Å².